The second kappa shape index (κ2) is 10.4. The van der Waals surface area contributed by atoms with Gasteiger partial charge in [-0.1, -0.05) is 66.2 Å². The van der Waals surface area contributed by atoms with Crippen molar-refractivity contribution in [1.82, 2.24) is 4.90 Å². The topological polar surface area (TPSA) is 26.9 Å². The van der Waals surface area contributed by atoms with Crippen molar-refractivity contribution in [2.45, 2.75) is 104 Å². The lowest BCUT2D eigenvalue weighted by atomic mass is 9.88. The highest BCUT2D eigenvalue weighted by molar-refractivity contribution is 5.81. The second-order valence-electron chi connectivity index (χ2n) is 8.50. The predicted octanol–water partition coefficient (Wildman–Crippen LogP) is 6.05. The molecule has 0 amide bonds. The van der Waals surface area contributed by atoms with Crippen LogP contribution in [0.4, 0.5) is 0 Å². The molecule has 1 saturated heterocycles. The summed E-state index contributed by atoms with van der Waals surface area (Å²) >= 11 is 0. The zero-order valence-corrected chi connectivity index (χ0v) is 15.7. The highest BCUT2D eigenvalue weighted by Crippen LogP contribution is 2.25. The average molecular weight is 309 g/mol. The van der Waals surface area contributed by atoms with E-state index < -0.39 is 0 Å². The average Bonchev–Trinajstić information content (AvgIpc) is 3.14. The molecular formula is C20H40N2. The molecule has 0 spiro atoms. The van der Waals surface area contributed by atoms with Crippen LogP contribution >= 0.6 is 0 Å². The Kier molecular flexibility index (Phi) is 9.31. The second-order valence-corrected chi connectivity index (χ2v) is 8.50. The maximum absolute atomic E-state index is 8.02. The molecule has 130 valence electrons. The van der Waals surface area contributed by atoms with E-state index >= 15 is 0 Å². The van der Waals surface area contributed by atoms with Crippen LogP contribution in [0.2, 0.25) is 0 Å². The summed E-state index contributed by atoms with van der Waals surface area (Å²) in [7, 11) is 0. The minimum absolute atomic E-state index is 0.279. The molecule has 22 heavy (non-hydrogen) atoms. The fourth-order valence-corrected chi connectivity index (χ4v) is 3.31. The molecule has 1 aliphatic rings. The van der Waals surface area contributed by atoms with E-state index in [1.54, 1.807) is 0 Å². The molecule has 1 N–H and O–H groups in total. The van der Waals surface area contributed by atoms with Gasteiger partial charge < -0.3 is 5.41 Å². The van der Waals surface area contributed by atoms with E-state index in [9.17, 15) is 0 Å². The van der Waals surface area contributed by atoms with Gasteiger partial charge in [0.15, 0.2) is 0 Å². The monoisotopic (exact) mass is 308 g/mol. The molecular weight excluding hydrogens is 268 g/mol. The van der Waals surface area contributed by atoms with Crippen LogP contribution < -0.4 is 0 Å². The van der Waals surface area contributed by atoms with Crippen LogP contribution in [0.5, 0.6) is 0 Å². The first kappa shape index (κ1) is 19.7. The molecule has 1 fully saturated rings. The third kappa shape index (κ3) is 10.4. The Morgan fingerprint density at radius 3 is 2.36 bits per heavy atom. The third-order valence-electron chi connectivity index (χ3n) is 4.64. The molecule has 2 atom stereocenters. The molecule has 0 aromatic rings. The quantitative estimate of drug-likeness (QED) is 0.250. The molecule has 2 heteroatoms. The number of unbranched alkanes of at least 4 members (excludes halogenated alkanes) is 6. The molecule has 0 bridgehead atoms. The summed E-state index contributed by atoms with van der Waals surface area (Å²) in [6, 6.07) is 0.917. The first-order valence-electron chi connectivity index (χ1n) is 9.72. The lowest BCUT2D eigenvalue weighted by Crippen LogP contribution is -2.12. The molecule has 0 radical (unpaired) electrons. The van der Waals surface area contributed by atoms with E-state index in [2.05, 4.69) is 32.6 Å². The van der Waals surface area contributed by atoms with Gasteiger partial charge in [-0.3, -0.25) is 4.90 Å². The fourth-order valence-electron chi connectivity index (χ4n) is 3.31. The molecule has 0 aromatic carbocycles. The van der Waals surface area contributed by atoms with Crippen molar-refractivity contribution >= 4 is 5.71 Å². The minimum Gasteiger partial charge on any atom is -0.310 e. The zero-order chi connectivity index (χ0) is 16.4. The van der Waals surface area contributed by atoms with Crippen LogP contribution in [0.3, 0.4) is 0 Å². The molecule has 2 nitrogen and oxygen atoms in total. The van der Waals surface area contributed by atoms with Gasteiger partial charge >= 0.3 is 0 Å². The Bertz CT molecular complexity index is 303. The van der Waals surface area contributed by atoms with Gasteiger partial charge in [-0.25, -0.2) is 0 Å². The molecule has 1 aliphatic heterocycles. The van der Waals surface area contributed by atoms with Crippen LogP contribution in [0.15, 0.2) is 0 Å². The molecule has 2 unspecified atom stereocenters. The van der Waals surface area contributed by atoms with Crippen molar-refractivity contribution in [3.05, 3.63) is 0 Å². The summed E-state index contributed by atoms with van der Waals surface area (Å²) in [4.78, 5) is 2.65. The van der Waals surface area contributed by atoms with Crippen molar-refractivity contribution in [2.75, 3.05) is 13.1 Å². The lowest BCUT2D eigenvalue weighted by Gasteiger charge is -2.18. The maximum atomic E-state index is 8.02. The lowest BCUT2D eigenvalue weighted by molar-refractivity contribution is 0.428. The Hall–Kier alpha value is -0.370. The Morgan fingerprint density at radius 1 is 1.00 bits per heavy atom. The van der Waals surface area contributed by atoms with Crippen molar-refractivity contribution < 1.29 is 0 Å². The minimum atomic E-state index is 0.279. The van der Waals surface area contributed by atoms with Gasteiger partial charge in [0, 0.05) is 18.3 Å². The smallest absolute Gasteiger partial charge is 0.0223 e. The van der Waals surface area contributed by atoms with E-state index in [-0.39, 0.29) is 5.41 Å². The van der Waals surface area contributed by atoms with Gasteiger partial charge in [0.1, 0.15) is 0 Å². The van der Waals surface area contributed by atoms with Crippen LogP contribution in [0, 0.1) is 10.8 Å². The number of nitrogens with one attached hydrogen (secondary N) is 1. The van der Waals surface area contributed by atoms with Gasteiger partial charge in [-0.15, -0.1) is 0 Å². The summed E-state index contributed by atoms with van der Waals surface area (Å²) in [6.45, 7) is 11.6. The SMILES string of the molecule is CCCCCCCC1CN1CCCCCC(=N)CC(C)(C)C. The van der Waals surface area contributed by atoms with Crippen LogP contribution in [-0.2, 0) is 0 Å². The fraction of sp³-hybridized carbons (Fsp3) is 0.950. The third-order valence-corrected chi connectivity index (χ3v) is 4.64. The maximum Gasteiger partial charge on any atom is 0.0223 e. The molecule has 0 aliphatic carbocycles. The van der Waals surface area contributed by atoms with E-state index in [1.807, 2.05) is 0 Å². The van der Waals surface area contributed by atoms with E-state index in [1.165, 1.54) is 70.9 Å². The summed E-state index contributed by atoms with van der Waals surface area (Å²) in [5.74, 6) is 0. The van der Waals surface area contributed by atoms with Gasteiger partial charge in [0.2, 0.25) is 0 Å². The number of rotatable bonds is 13. The van der Waals surface area contributed by atoms with Gasteiger partial charge in [-0.05, 0) is 44.1 Å². The van der Waals surface area contributed by atoms with E-state index in [0.717, 1.165) is 24.6 Å². The zero-order valence-electron chi connectivity index (χ0n) is 15.7. The highest BCUT2D eigenvalue weighted by Gasteiger charge is 2.31. The first-order valence-corrected chi connectivity index (χ1v) is 9.72. The van der Waals surface area contributed by atoms with Crippen LogP contribution in [-0.4, -0.2) is 29.7 Å². The number of hydrogen-bond donors (Lipinski definition) is 1. The van der Waals surface area contributed by atoms with E-state index in [4.69, 9.17) is 5.41 Å². The summed E-state index contributed by atoms with van der Waals surface area (Å²) in [5, 5.41) is 8.02. The first-order chi connectivity index (χ1) is 10.4. The van der Waals surface area contributed by atoms with Crippen LogP contribution in [0.1, 0.15) is 98.3 Å². The van der Waals surface area contributed by atoms with E-state index in [0.29, 0.717) is 0 Å². The predicted molar refractivity (Wildman–Crippen MR) is 99.0 cm³/mol. The van der Waals surface area contributed by atoms with Crippen molar-refractivity contribution in [2.24, 2.45) is 5.41 Å². The summed E-state index contributed by atoms with van der Waals surface area (Å²) in [6.07, 6.45) is 14.3. The van der Waals surface area contributed by atoms with Gasteiger partial charge in [0.25, 0.3) is 0 Å². The van der Waals surface area contributed by atoms with Crippen molar-refractivity contribution in [3.8, 4) is 0 Å². The van der Waals surface area contributed by atoms with Crippen molar-refractivity contribution in [3.63, 3.8) is 0 Å². The van der Waals surface area contributed by atoms with Crippen molar-refractivity contribution in [1.29, 1.82) is 5.41 Å². The van der Waals surface area contributed by atoms with Crippen LogP contribution in [0.25, 0.3) is 0 Å². The Labute approximate surface area is 139 Å². The molecule has 1 heterocycles. The molecule has 0 saturated carbocycles. The summed E-state index contributed by atoms with van der Waals surface area (Å²) in [5.41, 5.74) is 1.23. The number of nitrogens with zero attached hydrogens (tertiary/aromatic N) is 1. The van der Waals surface area contributed by atoms with Gasteiger partial charge in [0.05, 0.1) is 0 Å². The van der Waals surface area contributed by atoms with Gasteiger partial charge in [-0.2, -0.15) is 0 Å². The highest BCUT2D eigenvalue weighted by atomic mass is 15.3. The largest absolute Gasteiger partial charge is 0.310 e. The standard InChI is InChI=1S/C20H40N2/c1-5-6-7-8-11-14-19-17-22(19)15-12-9-10-13-18(21)16-20(2,3)4/h19,21H,5-17H2,1-4H3. The Morgan fingerprint density at radius 2 is 1.68 bits per heavy atom. The normalized spacial score (nSPS) is 21.1. The molecule has 0 aromatic heterocycles. The Balaban J connectivity index is 1.87. The number of hydrogen-bond acceptors (Lipinski definition) is 2. The summed E-state index contributed by atoms with van der Waals surface area (Å²) < 4.78 is 0. The molecule has 1 rings (SSSR count).